The SMILES string of the molecule is CCOC(=O)C(=O)c1cccc(F)c1SC. The van der Waals surface area contributed by atoms with E-state index in [-0.39, 0.29) is 17.1 Å². The zero-order valence-corrected chi connectivity index (χ0v) is 9.77. The van der Waals surface area contributed by atoms with Crippen molar-refractivity contribution >= 4 is 23.5 Å². The third-order valence-electron chi connectivity index (χ3n) is 1.88. The molecule has 0 atom stereocenters. The molecule has 0 aliphatic carbocycles. The van der Waals surface area contributed by atoms with Crippen LogP contribution in [0.15, 0.2) is 23.1 Å². The van der Waals surface area contributed by atoms with Gasteiger partial charge in [0.1, 0.15) is 5.82 Å². The maximum atomic E-state index is 13.3. The van der Waals surface area contributed by atoms with E-state index in [0.29, 0.717) is 0 Å². The van der Waals surface area contributed by atoms with Crippen LogP contribution in [0.3, 0.4) is 0 Å². The summed E-state index contributed by atoms with van der Waals surface area (Å²) in [6.07, 6.45) is 1.64. The Morgan fingerprint density at radius 3 is 2.69 bits per heavy atom. The van der Waals surface area contributed by atoms with Crippen LogP contribution in [0.5, 0.6) is 0 Å². The highest BCUT2D eigenvalue weighted by atomic mass is 32.2. The molecule has 0 heterocycles. The van der Waals surface area contributed by atoms with E-state index in [1.54, 1.807) is 13.2 Å². The fourth-order valence-corrected chi connectivity index (χ4v) is 1.85. The van der Waals surface area contributed by atoms with Gasteiger partial charge in [-0.25, -0.2) is 9.18 Å². The van der Waals surface area contributed by atoms with Gasteiger partial charge in [0, 0.05) is 5.56 Å². The molecule has 3 nitrogen and oxygen atoms in total. The predicted octanol–water partition coefficient (Wildman–Crippen LogP) is 2.29. The van der Waals surface area contributed by atoms with Crippen molar-refractivity contribution in [3.8, 4) is 0 Å². The maximum absolute atomic E-state index is 13.3. The van der Waals surface area contributed by atoms with E-state index >= 15 is 0 Å². The highest BCUT2D eigenvalue weighted by molar-refractivity contribution is 7.98. The van der Waals surface area contributed by atoms with Gasteiger partial charge in [0.2, 0.25) is 0 Å². The normalized spacial score (nSPS) is 9.94. The number of hydrogen-bond donors (Lipinski definition) is 0. The molecule has 0 fully saturated rings. The first-order chi connectivity index (χ1) is 7.61. The van der Waals surface area contributed by atoms with E-state index in [0.717, 1.165) is 11.8 Å². The van der Waals surface area contributed by atoms with Gasteiger partial charge in [0.25, 0.3) is 5.78 Å². The van der Waals surface area contributed by atoms with Crippen LogP contribution in [-0.2, 0) is 9.53 Å². The number of benzene rings is 1. The van der Waals surface area contributed by atoms with Gasteiger partial charge >= 0.3 is 5.97 Å². The second-order valence-electron chi connectivity index (χ2n) is 2.87. The molecule has 0 amide bonds. The predicted molar refractivity (Wildman–Crippen MR) is 59.1 cm³/mol. The van der Waals surface area contributed by atoms with Gasteiger partial charge in [0.15, 0.2) is 0 Å². The van der Waals surface area contributed by atoms with Crippen LogP contribution in [0.25, 0.3) is 0 Å². The number of esters is 1. The van der Waals surface area contributed by atoms with Crippen molar-refractivity contribution in [1.82, 2.24) is 0 Å². The molecule has 0 aliphatic heterocycles. The quantitative estimate of drug-likeness (QED) is 0.351. The Kier molecular flexibility index (Phi) is 4.49. The Morgan fingerprint density at radius 2 is 2.12 bits per heavy atom. The molecule has 86 valence electrons. The molecule has 0 aliphatic rings. The van der Waals surface area contributed by atoms with Crippen LogP contribution >= 0.6 is 11.8 Å². The molecule has 0 spiro atoms. The summed E-state index contributed by atoms with van der Waals surface area (Å²) < 4.78 is 17.9. The van der Waals surface area contributed by atoms with E-state index in [1.165, 1.54) is 18.2 Å². The Bertz CT molecular complexity index is 418. The van der Waals surface area contributed by atoms with Gasteiger partial charge < -0.3 is 4.74 Å². The maximum Gasteiger partial charge on any atom is 0.379 e. The molecule has 1 aromatic carbocycles. The highest BCUT2D eigenvalue weighted by Crippen LogP contribution is 2.24. The molecular formula is C11H11FO3S. The van der Waals surface area contributed by atoms with Gasteiger partial charge in [-0.05, 0) is 25.3 Å². The first-order valence-electron chi connectivity index (χ1n) is 4.65. The average Bonchev–Trinajstić information content (AvgIpc) is 2.28. The number of carbonyl (C=O) groups excluding carboxylic acids is 2. The van der Waals surface area contributed by atoms with Crippen LogP contribution in [0.1, 0.15) is 17.3 Å². The minimum atomic E-state index is -0.955. The van der Waals surface area contributed by atoms with Gasteiger partial charge in [0.05, 0.1) is 11.5 Å². The molecule has 1 rings (SSSR count). The van der Waals surface area contributed by atoms with Crippen molar-refractivity contribution in [3.63, 3.8) is 0 Å². The number of ketones is 1. The van der Waals surface area contributed by atoms with Crippen molar-refractivity contribution in [2.45, 2.75) is 11.8 Å². The molecular weight excluding hydrogens is 231 g/mol. The van der Waals surface area contributed by atoms with E-state index in [9.17, 15) is 14.0 Å². The molecule has 0 radical (unpaired) electrons. The van der Waals surface area contributed by atoms with Crippen LogP contribution in [-0.4, -0.2) is 24.6 Å². The first kappa shape index (κ1) is 12.7. The topological polar surface area (TPSA) is 43.4 Å². The molecule has 0 bridgehead atoms. The molecule has 1 aromatic rings. The number of carbonyl (C=O) groups is 2. The van der Waals surface area contributed by atoms with Gasteiger partial charge in [-0.1, -0.05) is 6.07 Å². The average molecular weight is 242 g/mol. The fourth-order valence-electron chi connectivity index (χ4n) is 1.20. The van der Waals surface area contributed by atoms with Crippen LogP contribution in [0.4, 0.5) is 4.39 Å². The molecule has 0 aromatic heterocycles. The Balaban J connectivity index is 3.08. The Morgan fingerprint density at radius 1 is 1.44 bits per heavy atom. The lowest BCUT2D eigenvalue weighted by Crippen LogP contribution is -2.18. The Labute approximate surface area is 97.0 Å². The van der Waals surface area contributed by atoms with Crippen LogP contribution in [0.2, 0.25) is 0 Å². The Hall–Kier alpha value is -1.36. The number of ether oxygens (including phenoxy) is 1. The van der Waals surface area contributed by atoms with Gasteiger partial charge in [-0.3, -0.25) is 4.79 Å². The molecule has 0 N–H and O–H groups in total. The summed E-state index contributed by atoms with van der Waals surface area (Å²) in [6, 6.07) is 4.05. The highest BCUT2D eigenvalue weighted by Gasteiger charge is 2.22. The third-order valence-corrected chi connectivity index (χ3v) is 2.70. The van der Waals surface area contributed by atoms with E-state index in [2.05, 4.69) is 4.74 Å². The number of Topliss-reactive ketones (excluding diaryl/α,β-unsaturated/α-hetero) is 1. The summed E-state index contributed by atoms with van der Waals surface area (Å²) in [4.78, 5) is 23.0. The number of rotatable bonds is 4. The fraction of sp³-hybridized carbons (Fsp3) is 0.273. The van der Waals surface area contributed by atoms with E-state index in [4.69, 9.17) is 0 Å². The van der Waals surface area contributed by atoms with Crippen molar-refractivity contribution < 1.29 is 18.7 Å². The number of hydrogen-bond acceptors (Lipinski definition) is 4. The van der Waals surface area contributed by atoms with Crippen molar-refractivity contribution in [3.05, 3.63) is 29.6 Å². The summed E-state index contributed by atoms with van der Waals surface area (Å²) >= 11 is 1.08. The lowest BCUT2D eigenvalue weighted by molar-refractivity contribution is -0.137. The second kappa shape index (κ2) is 5.65. The summed E-state index contributed by atoms with van der Waals surface area (Å²) in [5, 5.41) is 0. The largest absolute Gasteiger partial charge is 0.460 e. The molecule has 16 heavy (non-hydrogen) atoms. The summed E-state index contributed by atoms with van der Waals surface area (Å²) in [7, 11) is 0. The second-order valence-corrected chi connectivity index (χ2v) is 3.69. The summed E-state index contributed by atoms with van der Waals surface area (Å²) in [5.41, 5.74) is 0.0472. The standard InChI is InChI=1S/C11H11FO3S/c1-3-15-11(14)9(13)7-5-4-6-8(12)10(7)16-2/h4-6H,3H2,1-2H3. The van der Waals surface area contributed by atoms with Crippen LogP contribution < -0.4 is 0 Å². The lowest BCUT2D eigenvalue weighted by Gasteiger charge is -2.06. The summed E-state index contributed by atoms with van der Waals surface area (Å²) in [5.74, 6) is -2.28. The first-order valence-corrected chi connectivity index (χ1v) is 5.88. The van der Waals surface area contributed by atoms with E-state index in [1.807, 2.05) is 0 Å². The molecule has 0 unspecified atom stereocenters. The summed E-state index contributed by atoms with van der Waals surface area (Å²) in [6.45, 7) is 1.72. The van der Waals surface area contributed by atoms with Crippen molar-refractivity contribution in [1.29, 1.82) is 0 Å². The van der Waals surface area contributed by atoms with Crippen molar-refractivity contribution in [2.24, 2.45) is 0 Å². The molecule has 0 saturated carbocycles. The van der Waals surface area contributed by atoms with Gasteiger partial charge in [-0.2, -0.15) is 0 Å². The number of halogens is 1. The molecule has 0 saturated heterocycles. The zero-order valence-electron chi connectivity index (χ0n) is 8.95. The number of thioether (sulfide) groups is 1. The van der Waals surface area contributed by atoms with Crippen molar-refractivity contribution in [2.75, 3.05) is 12.9 Å². The minimum Gasteiger partial charge on any atom is -0.460 e. The minimum absolute atomic E-state index is 0.0472. The lowest BCUT2D eigenvalue weighted by atomic mass is 10.1. The zero-order chi connectivity index (χ0) is 12.1. The molecule has 5 heteroatoms. The monoisotopic (exact) mass is 242 g/mol. The van der Waals surface area contributed by atoms with Gasteiger partial charge in [-0.15, -0.1) is 11.8 Å². The van der Waals surface area contributed by atoms with E-state index < -0.39 is 17.6 Å². The van der Waals surface area contributed by atoms with Crippen LogP contribution in [0, 0.1) is 5.82 Å². The third kappa shape index (κ3) is 2.61. The smallest absolute Gasteiger partial charge is 0.379 e.